The van der Waals surface area contributed by atoms with Crippen molar-refractivity contribution in [1.29, 1.82) is 0 Å². The van der Waals surface area contributed by atoms with Crippen molar-refractivity contribution in [3.8, 4) is 0 Å². The Morgan fingerprint density at radius 2 is 1.94 bits per heavy atom. The van der Waals surface area contributed by atoms with Crippen molar-refractivity contribution in [3.05, 3.63) is 66.2 Å². The number of halogens is 1. The molecule has 3 rings (SSSR count). The summed E-state index contributed by atoms with van der Waals surface area (Å²) in [6.45, 7) is 6.07. The minimum Gasteiger partial charge on any atom is -0.460 e. The van der Waals surface area contributed by atoms with Gasteiger partial charge in [-0.3, -0.25) is 4.79 Å². The van der Waals surface area contributed by atoms with E-state index in [1.165, 1.54) is 27.4 Å². The first-order valence-corrected chi connectivity index (χ1v) is 12.1. The Labute approximate surface area is 192 Å². The number of esters is 1. The lowest BCUT2D eigenvalue weighted by Gasteiger charge is -2.33. The Hall–Kier alpha value is -2.98. The molecule has 10 heteroatoms. The number of amides is 1. The number of benzene rings is 1. The summed E-state index contributed by atoms with van der Waals surface area (Å²) in [7, 11) is -3.96. The van der Waals surface area contributed by atoms with Crippen molar-refractivity contribution in [2.24, 2.45) is 5.92 Å². The molecular weight excluding hydrogens is 451 g/mol. The largest absolute Gasteiger partial charge is 0.460 e. The van der Waals surface area contributed by atoms with E-state index < -0.39 is 21.9 Å². The number of sulfonamides is 1. The summed E-state index contributed by atoms with van der Waals surface area (Å²) < 4.78 is 51.1. The molecule has 2 aromatic rings. The molecule has 2 heterocycles. The highest BCUT2D eigenvalue weighted by Gasteiger charge is 2.35. The van der Waals surface area contributed by atoms with Crippen LogP contribution >= 0.6 is 0 Å². The zero-order valence-corrected chi connectivity index (χ0v) is 19.2. The normalized spacial score (nSPS) is 15.2. The number of hydrogen-bond donors (Lipinski definition) is 0. The Morgan fingerprint density at radius 1 is 1.24 bits per heavy atom. The highest BCUT2D eigenvalue weighted by molar-refractivity contribution is 7.89. The Kier molecular flexibility index (Phi) is 8.04. The first-order chi connectivity index (χ1) is 15.8. The molecule has 0 spiro atoms. The van der Waals surface area contributed by atoms with E-state index in [1.807, 2.05) is 0 Å². The van der Waals surface area contributed by atoms with Gasteiger partial charge in [0, 0.05) is 37.7 Å². The predicted octanol–water partition coefficient (Wildman–Crippen LogP) is 3.21. The first-order valence-electron chi connectivity index (χ1n) is 10.7. The van der Waals surface area contributed by atoms with E-state index in [9.17, 15) is 22.4 Å². The van der Waals surface area contributed by atoms with E-state index in [2.05, 4.69) is 6.58 Å². The van der Waals surface area contributed by atoms with Crippen molar-refractivity contribution in [2.75, 3.05) is 26.2 Å². The molecule has 1 amide bonds. The second-order valence-corrected chi connectivity index (χ2v) is 9.49. The van der Waals surface area contributed by atoms with Crippen molar-refractivity contribution in [1.82, 2.24) is 9.21 Å². The number of carbonyl (C=O) groups excluding carboxylic acids is 2. The standard InChI is InChI=1S/C23H27FN2O6S/c1-3-13-25(16-18-7-5-6-8-19(18)24)22(27)17-11-14-26(15-12-17)33(29,30)21-10-9-20(32-21)23(28)31-4-2/h3,5-10,17H,1,4,11-16H2,2H3. The van der Waals surface area contributed by atoms with Crippen LogP contribution in [0.25, 0.3) is 0 Å². The molecule has 0 aliphatic carbocycles. The molecule has 178 valence electrons. The summed E-state index contributed by atoms with van der Waals surface area (Å²) in [5, 5.41) is -0.344. The van der Waals surface area contributed by atoms with Gasteiger partial charge in [0.2, 0.25) is 16.8 Å². The molecule has 0 atom stereocenters. The van der Waals surface area contributed by atoms with Crippen molar-refractivity contribution in [3.63, 3.8) is 0 Å². The van der Waals surface area contributed by atoms with E-state index in [0.29, 0.717) is 18.4 Å². The number of furan rings is 1. The van der Waals surface area contributed by atoms with Crippen molar-refractivity contribution in [2.45, 2.75) is 31.4 Å². The van der Waals surface area contributed by atoms with Gasteiger partial charge in [0.05, 0.1) is 6.61 Å². The summed E-state index contributed by atoms with van der Waals surface area (Å²) >= 11 is 0. The Morgan fingerprint density at radius 3 is 2.58 bits per heavy atom. The number of rotatable bonds is 9. The van der Waals surface area contributed by atoms with Gasteiger partial charge in [-0.2, -0.15) is 4.31 Å². The lowest BCUT2D eigenvalue weighted by molar-refractivity contribution is -0.136. The molecule has 0 N–H and O–H groups in total. The van der Waals surface area contributed by atoms with Crippen LogP contribution in [0, 0.1) is 11.7 Å². The van der Waals surface area contributed by atoms with Crippen molar-refractivity contribution < 1.29 is 31.6 Å². The third-order valence-electron chi connectivity index (χ3n) is 5.44. The second-order valence-electron chi connectivity index (χ2n) is 7.62. The van der Waals surface area contributed by atoms with Crippen LogP contribution in [0.15, 0.2) is 58.6 Å². The van der Waals surface area contributed by atoms with Gasteiger partial charge in [0.25, 0.3) is 10.0 Å². The van der Waals surface area contributed by atoms with E-state index in [1.54, 1.807) is 31.2 Å². The summed E-state index contributed by atoms with van der Waals surface area (Å²) in [4.78, 5) is 26.4. The van der Waals surface area contributed by atoms with Gasteiger partial charge in [0.1, 0.15) is 5.82 Å². The predicted molar refractivity (Wildman–Crippen MR) is 118 cm³/mol. The Balaban J connectivity index is 1.65. The van der Waals surface area contributed by atoms with Crippen LogP contribution in [0.3, 0.4) is 0 Å². The van der Waals surface area contributed by atoms with Crippen LogP contribution in [-0.2, 0) is 26.1 Å². The number of hydrogen-bond acceptors (Lipinski definition) is 6. The molecule has 1 aromatic carbocycles. The van der Waals surface area contributed by atoms with E-state index in [-0.39, 0.29) is 55.4 Å². The van der Waals surface area contributed by atoms with Crippen LogP contribution in [0.4, 0.5) is 4.39 Å². The van der Waals surface area contributed by atoms with Crippen LogP contribution in [0.2, 0.25) is 0 Å². The van der Waals surface area contributed by atoms with Crippen LogP contribution in [0.5, 0.6) is 0 Å². The number of nitrogens with zero attached hydrogens (tertiary/aromatic N) is 2. The lowest BCUT2D eigenvalue weighted by Crippen LogP contribution is -2.44. The maximum absolute atomic E-state index is 14.1. The topological polar surface area (TPSA) is 97.1 Å². The molecule has 0 radical (unpaired) electrons. The van der Waals surface area contributed by atoms with Gasteiger partial charge in [-0.1, -0.05) is 24.3 Å². The van der Waals surface area contributed by atoms with Gasteiger partial charge in [0.15, 0.2) is 0 Å². The molecule has 1 aliphatic heterocycles. The van der Waals surface area contributed by atoms with Gasteiger partial charge in [-0.15, -0.1) is 6.58 Å². The quantitative estimate of drug-likeness (QED) is 0.406. The van der Waals surface area contributed by atoms with Gasteiger partial charge in [-0.05, 0) is 38.0 Å². The summed E-state index contributed by atoms with van der Waals surface area (Å²) in [5.41, 5.74) is 0.405. The second kappa shape index (κ2) is 10.8. The Bertz CT molecular complexity index is 1110. The average molecular weight is 479 g/mol. The summed E-state index contributed by atoms with van der Waals surface area (Å²) in [6.07, 6.45) is 2.21. The van der Waals surface area contributed by atoms with Crippen LogP contribution in [0.1, 0.15) is 35.9 Å². The van der Waals surface area contributed by atoms with Gasteiger partial charge < -0.3 is 14.1 Å². The minimum atomic E-state index is -3.96. The zero-order chi connectivity index (χ0) is 24.0. The van der Waals surface area contributed by atoms with Crippen molar-refractivity contribution >= 4 is 21.9 Å². The first kappa shape index (κ1) is 24.7. The van der Waals surface area contributed by atoms with Gasteiger partial charge in [-0.25, -0.2) is 17.6 Å². The molecule has 0 bridgehead atoms. The zero-order valence-electron chi connectivity index (χ0n) is 18.4. The smallest absolute Gasteiger partial charge is 0.374 e. The third-order valence-corrected chi connectivity index (χ3v) is 7.21. The molecule has 1 saturated heterocycles. The molecule has 1 fully saturated rings. The minimum absolute atomic E-state index is 0.110. The highest BCUT2D eigenvalue weighted by Crippen LogP contribution is 2.27. The summed E-state index contributed by atoms with van der Waals surface area (Å²) in [6, 6.07) is 8.75. The molecule has 8 nitrogen and oxygen atoms in total. The van der Waals surface area contributed by atoms with E-state index >= 15 is 0 Å². The maximum Gasteiger partial charge on any atom is 0.374 e. The maximum atomic E-state index is 14.1. The molecule has 0 unspecified atom stereocenters. The number of ether oxygens (including phenoxy) is 1. The molecular formula is C23H27FN2O6S. The SMILES string of the molecule is C=CCN(Cc1ccccc1F)C(=O)C1CCN(S(=O)(=O)c2ccc(C(=O)OCC)o2)CC1. The third kappa shape index (κ3) is 5.69. The molecule has 33 heavy (non-hydrogen) atoms. The average Bonchev–Trinajstić information content (AvgIpc) is 3.31. The van der Waals surface area contributed by atoms with Crippen LogP contribution in [-0.4, -0.2) is 55.7 Å². The fourth-order valence-electron chi connectivity index (χ4n) is 3.72. The highest BCUT2D eigenvalue weighted by atomic mass is 32.2. The number of piperidine rings is 1. The fourth-order valence-corrected chi connectivity index (χ4v) is 5.10. The molecule has 1 aliphatic rings. The van der Waals surface area contributed by atoms with Crippen LogP contribution < -0.4 is 0 Å². The fraction of sp³-hybridized carbons (Fsp3) is 0.391. The van der Waals surface area contributed by atoms with E-state index in [4.69, 9.17) is 9.15 Å². The monoisotopic (exact) mass is 478 g/mol. The summed E-state index contributed by atoms with van der Waals surface area (Å²) in [5.74, 6) is -1.87. The van der Waals surface area contributed by atoms with Gasteiger partial charge >= 0.3 is 5.97 Å². The molecule has 1 aromatic heterocycles. The lowest BCUT2D eigenvalue weighted by atomic mass is 9.96. The molecule has 0 saturated carbocycles. The van der Waals surface area contributed by atoms with E-state index in [0.717, 1.165) is 0 Å². The number of carbonyl (C=O) groups is 2.